The van der Waals surface area contributed by atoms with Gasteiger partial charge < -0.3 is 15.4 Å². The van der Waals surface area contributed by atoms with E-state index in [0.717, 1.165) is 31.0 Å². The molecule has 1 aliphatic heterocycles. The van der Waals surface area contributed by atoms with Gasteiger partial charge in [0.1, 0.15) is 5.84 Å². The van der Waals surface area contributed by atoms with Crippen molar-refractivity contribution in [3.63, 3.8) is 0 Å². The van der Waals surface area contributed by atoms with Crippen LogP contribution in [0.4, 0.5) is 5.69 Å². The van der Waals surface area contributed by atoms with Crippen LogP contribution in [0.3, 0.4) is 0 Å². The summed E-state index contributed by atoms with van der Waals surface area (Å²) in [6, 6.07) is 8.11. The van der Waals surface area contributed by atoms with Crippen LogP contribution in [0.25, 0.3) is 0 Å². The van der Waals surface area contributed by atoms with Crippen LogP contribution in [-0.2, 0) is 4.74 Å². The fraction of sp³-hybridized carbons (Fsp3) is 0.417. The highest BCUT2D eigenvalue weighted by molar-refractivity contribution is 6.00. The van der Waals surface area contributed by atoms with Gasteiger partial charge in [-0.3, -0.25) is 5.41 Å². The monoisotopic (exact) mass is 219 g/mol. The number of para-hydroxylation sites is 1. The fourth-order valence-corrected chi connectivity index (χ4v) is 2.04. The first-order chi connectivity index (χ1) is 7.70. The van der Waals surface area contributed by atoms with Gasteiger partial charge in [0.2, 0.25) is 0 Å². The lowest BCUT2D eigenvalue weighted by Crippen LogP contribution is -2.44. The highest BCUT2D eigenvalue weighted by Crippen LogP contribution is 2.23. The Bertz CT molecular complexity index is 392. The lowest BCUT2D eigenvalue weighted by Gasteiger charge is -2.36. The summed E-state index contributed by atoms with van der Waals surface area (Å²) < 4.78 is 5.41. The van der Waals surface area contributed by atoms with Crippen LogP contribution in [0, 0.1) is 5.41 Å². The first kappa shape index (κ1) is 11.0. The van der Waals surface area contributed by atoms with Crippen molar-refractivity contribution in [2.24, 2.45) is 5.73 Å². The van der Waals surface area contributed by atoms with E-state index in [-0.39, 0.29) is 5.84 Å². The van der Waals surface area contributed by atoms with Crippen LogP contribution in [-0.4, -0.2) is 31.6 Å². The molecule has 1 aromatic carbocycles. The van der Waals surface area contributed by atoms with E-state index < -0.39 is 0 Å². The summed E-state index contributed by atoms with van der Waals surface area (Å²) in [6.07, 6.45) is 0. The Morgan fingerprint density at radius 1 is 1.50 bits per heavy atom. The molecule has 86 valence electrons. The summed E-state index contributed by atoms with van der Waals surface area (Å²) in [5.74, 6) is 0.120. The molecular formula is C12H17N3O. The van der Waals surface area contributed by atoms with Gasteiger partial charge >= 0.3 is 0 Å². The molecule has 1 aromatic rings. The maximum atomic E-state index is 7.58. The van der Waals surface area contributed by atoms with Crippen LogP contribution in [0.15, 0.2) is 24.3 Å². The highest BCUT2D eigenvalue weighted by atomic mass is 16.5. The van der Waals surface area contributed by atoms with Crippen LogP contribution in [0.2, 0.25) is 0 Å². The maximum Gasteiger partial charge on any atom is 0.124 e. The number of amidine groups is 1. The summed E-state index contributed by atoms with van der Waals surface area (Å²) >= 11 is 0. The zero-order valence-electron chi connectivity index (χ0n) is 9.44. The van der Waals surface area contributed by atoms with Crippen LogP contribution in [0.1, 0.15) is 12.5 Å². The molecule has 3 N–H and O–H groups in total. The zero-order valence-corrected chi connectivity index (χ0v) is 9.44. The highest BCUT2D eigenvalue weighted by Gasteiger charge is 2.21. The van der Waals surface area contributed by atoms with Gasteiger partial charge in [0.25, 0.3) is 0 Å². The largest absolute Gasteiger partial charge is 0.384 e. The molecule has 4 nitrogen and oxygen atoms in total. The summed E-state index contributed by atoms with van der Waals surface area (Å²) in [4.78, 5) is 2.25. The number of nitrogens with zero attached hydrogens (tertiary/aromatic N) is 1. The second kappa shape index (κ2) is 4.53. The molecule has 4 heteroatoms. The Morgan fingerprint density at radius 3 is 2.94 bits per heavy atom. The summed E-state index contributed by atoms with van der Waals surface area (Å²) in [5.41, 5.74) is 7.43. The lowest BCUT2D eigenvalue weighted by atomic mass is 10.1. The molecule has 1 atom stereocenters. The zero-order chi connectivity index (χ0) is 11.5. The second-order valence-corrected chi connectivity index (χ2v) is 4.05. The van der Waals surface area contributed by atoms with Crippen molar-refractivity contribution in [3.8, 4) is 0 Å². The molecular weight excluding hydrogens is 202 g/mol. The van der Waals surface area contributed by atoms with E-state index in [1.54, 1.807) is 0 Å². The van der Waals surface area contributed by atoms with Gasteiger partial charge in [-0.2, -0.15) is 0 Å². The third-order valence-electron chi connectivity index (χ3n) is 2.87. The van der Waals surface area contributed by atoms with E-state index in [4.69, 9.17) is 15.9 Å². The summed E-state index contributed by atoms with van der Waals surface area (Å²) in [6.45, 7) is 4.43. The molecule has 0 radical (unpaired) electrons. The third-order valence-corrected chi connectivity index (χ3v) is 2.87. The fourth-order valence-electron chi connectivity index (χ4n) is 2.04. The van der Waals surface area contributed by atoms with E-state index >= 15 is 0 Å². The minimum absolute atomic E-state index is 0.120. The van der Waals surface area contributed by atoms with Crippen LogP contribution >= 0.6 is 0 Å². The average Bonchev–Trinajstić information content (AvgIpc) is 2.29. The quantitative estimate of drug-likeness (QED) is 0.580. The van der Waals surface area contributed by atoms with Gasteiger partial charge in [-0.1, -0.05) is 12.1 Å². The Labute approximate surface area is 95.5 Å². The number of nitrogens with two attached hydrogens (primary N) is 1. The van der Waals surface area contributed by atoms with Crippen LogP contribution in [0.5, 0.6) is 0 Å². The Kier molecular flexibility index (Phi) is 3.10. The van der Waals surface area contributed by atoms with Crippen molar-refractivity contribution in [1.82, 2.24) is 0 Å². The van der Waals surface area contributed by atoms with E-state index in [2.05, 4.69) is 11.8 Å². The van der Waals surface area contributed by atoms with Gasteiger partial charge in [0.15, 0.2) is 0 Å². The Morgan fingerprint density at radius 2 is 2.25 bits per heavy atom. The van der Waals surface area contributed by atoms with E-state index in [0.29, 0.717) is 6.04 Å². The van der Waals surface area contributed by atoms with Crippen molar-refractivity contribution in [2.75, 3.05) is 24.7 Å². The molecule has 1 unspecified atom stereocenters. The average molecular weight is 219 g/mol. The molecule has 1 aliphatic rings. The van der Waals surface area contributed by atoms with Gasteiger partial charge in [-0.15, -0.1) is 0 Å². The second-order valence-electron chi connectivity index (χ2n) is 4.05. The van der Waals surface area contributed by atoms with Crippen LogP contribution < -0.4 is 10.6 Å². The first-order valence-electron chi connectivity index (χ1n) is 5.48. The number of benzene rings is 1. The standard InChI is InChI=1S/C12H17N3O/c1-9-8-16-7-6-15(9)11-5-3-2-4-10(11)12(13)14/h2-5,9H,6-8H2,1H3,(H3,13,14). The maximum absolute atomic E-state index is 7.58. The molecule has 0 bridgehead atoms. The summed E-state index contributed by atoms with van der Waals surface area (Å²) in [7, 11) is 0. The molecule has 0 aliphatic carbocycles. The van der Waals surface area contributed by atoms with Crippen molar-refractivity contribution in [3.05, 3.63) is 29.8 Å². The third kappa shape index (κ3) is 2.02. The van der Waals surface area contributed by atoms with Crippen molar-refractivity contribution < 1.29 is 4.74 Å². The molecule has 2 rings (SSSR count). The van der Waals surface area contributed by atoms with Crippen molar-refractivity contribution >= 4 is 11.5 Å². The first-order valence-corrected chi connectivity index (χ1v) is 5.48. The minimum Gasteiger partial charge on any atom is -0.384 e. The number of nitrogens with one attached hydrogen (secondary N) is 1. The summed E-state index contributed by atoms with van der Waals surface area (Å²) in [5, 5.41) is 7.58. The molecule has 16 heavy (non-hydrogen) atoms. The predicted molar refractivity (Wildman–Crippen MR) is 65.1 cm³/mol. The minimum atomic E-state index is 0.120. The van der Waals surface area contributed by atoms with Gasteiger partial charge in [0.05, 0.1) is 13.2 Å². The number of morpholine rings is 1. The smallest absolute Gasteiger partial charge is 0.124 e. The number of rotatable bonds is 2. The molecule has 1 fully saturated rings. The Hall–Kier alpha value is -1.55. The number of ether oxygens (including phenoxy) is 1. The molecule has 0 aromatic heterocycles. The Balaban J connectivity index is 2.34. The van der Waals surface area contributed by atoms with Gasteiger partial charge in [-0.25, -0.2) is 0 Å². The number of anilines is 1. The van der Waals surface area contributed by atoms with Gasteiger partial charge in [-0.05, 0) is 19.1 Å². The van der Waals surface area contributed by atoms with E-state index in [9.17, 15) is 0 Å². The normalized spacial score (nSPS) is 20.8. The van der Waals surface area contributed by atoms with Crippen molar-refractivity contribution in [2.45, 2.75) is 13.0 Å². The number of nitrogen functional groups attached to an aromatic ring is 1. The van der Waals surface area contributed by atoms with E-state index in [1.165, 1.54) is 0 Å². The molecule has 0 spiro atoms. The number of hydrogen-bond donors (Lipinski definition) is 2. The molecule has 1 saturated heterocycles. The molecule has 0 amide bonds. The SMILES string of the molecule is CC1COCCN1c1ccccc1C(=N)N. The molecule has 0 saturated carbocycles. The number of hydrogen-bond acceptors (Lipinski definition) is 3. The topological polar surface area (TPSA) is 62.3 Å². The predicted octanol–water partition coefficient (Wildman–Crippen LogP) is 1.20. The van der Waals surface area contributed by atoms with Gasteiger partial charge in [0, 0.05) is 23.8 Å². The molecule has 1 heterocycles. The lowest BCUT2D eigenvalue weighted by molar-refractivity contribution is 0.0989. The van der Waals surface area contributed by atoms with E-state index in [1.807, 2.05) is 24.3 Å². The van der Waals surface area contributed by atoms with Crippen molar-refractivity contribution in [1.29, 1.82) is 5.41 Å².